The van der Waals surface area contributed by atoms with Crippen molar-refractivity contribution in [3.05, 3.63) is 64.0 Å². The van der Waals surface area contributed by atoms with E-state index in [0.29, 0.717) is 22.1 Å². The van der Waals surface area contributed by atoms with Gasteiger partial charge in [0.05, 0.1) is 23.1 Å². The van der Waals surface area contributed by atoms with Crippen LogP contribution in [0.4, 0.5) is 5.69 Å². The molecule has 1 atom stereocenters. The van der Waals surface area contributed by atoms with E-state index in [1.54, 1.807) is 62.6 Å². The summed E-state index contributed by atoms with van der Waals surface area (Å²) in [5, 5.41) is 5.43. The molecule has 0 fully saturated rings. The first-order valence-corrected chi connectivity index (χ1v) is 9.25. The average Bonchev–Trinajstić information content (AvgIpc) is 3.04. The zero-order chi connectivity index (χ0) is 19.4. The number of carbonyl (C=O) groups excluding carboxylic acids is 1. The van der Waals surface area contributed by atoms with Gasteiger partial charge in [0.15, 0.2) is 0 Å². The Morgan fingerprint density at radius 2 is 1.96 bits per heavy atom. The maximum atomic E-state index is 12.5. The van der Waals surface area contributed by atoms with Gasteiger partial charge >= 0.3 is 10.7 Å². The number of hydrogen-bond acceptors (Lipinski definition) is 5. The van der Waals surface area contributed by atoms with Gasteiger partial charge in [0.1, 0.15) is 5.75 Å². The SMILES string of the molecule is COc1ccc(-[n+]2[nH]oc(=O)c2SC(C)C(=O)Nc2ccccc2Cl)cc1. The topological polar surface area (TPSA) is 88.2 Å². The summed E-state index contributed by atoms with van der Waals surface area (Å²) in [7, 11) is 1.57. The van der Waals surface area contributed by atoms with Crippen molar-refractivity contribution in [3.63, 3.8) is 0 Å². The number of ether oxygens (including phenoxy) is 1. The number of nitrogens with zero attached hydrogens (tertiary/aromatic N) is 1. The number of halogens is 1. The van der Waals surface area contributed by atoms with Gasteiger partial charge in [-0.2, -0.15) is 0 Å². The van der Waals surface area contributed by atoms with Crippen molar-refractivity contribution in [1.82, 2.24) is 5.27 Å². The van der Waals surface area contributed by atoms with Crippen LogP contribution in [0.25, 0.3) is 5.69 Å². The van der Waals surface area contributed by atoms with Crippen molar-refractivity contribution in [2.45, 2.75) is 17.2 Å². The lowest BCUT2D eigenvalue weighted by Gasteiger charge is -2.10. The molecule has 1 heterocycles. The normalized spacial score (nSPS) is 11.8. The van der Waals surface area contributed by atoms with E-state index in [-0.39, 0.29) is 10.9 Å². The predicted molar refractivity (Wildman–Crippen MR) is 103 cm³/mol. The minimum atomic E-state index is -0.565. The fourth-order valence-electron chi connectivity index (χ4n) is 2.28. The van der Waals surface area contributed by atoms with Gasteiger partial charge in [0, 0.05) is 12.1 Å². The van der Waals surface area contributed by atoms with E-state index < -0.39 is 10.9 Å². The second-order valence-corrected chi connectivity index (χ2v) is 7.29. The Hall–Kier alpha value is -2.71. The van der Waals surface area contributed by atoms with E-state index in [1.807, 2.05) is 0 Å². The highest BCUT2D eigenvalue weighted by Gasteiger charge is 2.29. The Bertz CT molecular complexity index is 1000. The maximum absolute atomic E-state index is 12.5. The molecule has 1 aromatic heterocycles. The molecule has 0 bridgehead atoms. The number of carbonyl (C=O) groups is 1. The molecule has 9 heteroatoms. The minimum Gasteiger partial charge on any atom is -0.497 e. The van der Waals surface area contributed by atoms with E-state index >= 15 is 0 Å². The molecule has 2 aromatic carbocycles. The van der Waals surface area contributed by atoms with Gasteiger partial charge < -0.3 is 10.1 Å². The summed E-state index contributed by atoms with van der Waals surface area (Å²) in [6.45, 7) is 1.70. The van der Waals surface area contributed by atoms with E-state index in [0.717, 1.165) is 11.8 Å². The highest BCUT2D eigenvalue weighted by Crippen LogP contribution is 2.24. The molecular weight excluding hydrogens is 390 g/mol. The smallest absolute Gasteiger partial charge is 0.442 e. The highest BCUT2D eigenvalue weighted by atomic mass is 35.5. The second-order valence-electron chi connectivity index (χ2n) is 5.55. The van der Waals surface area contributed by atoms with Crippen LogP contribution in [0.15, 0.2) is 62.9 Å². The van der Waals surface area contributed by atoms with Gasteiger partial charge in [-0.25, -0.2) is 4.79 Å². The third kappa shape index (κ3) is 4.35. The largest absolute Gasteiger partial charge is 0.497 e. The molecule has 0 saturated carbocycles. The van der Waals surface area contributed by atoms with Gasteiger partial charge in [-0.3, -0.25) is 9.32 Å². The lowest BCUT2D eigenvalue weighted by atomic mass is 10.3. The summed E-state index contributed by atoms with van der Waals surface area (Å²) in [5.41, 5.74) is 0.622. The molecule has 2 N–H and O–H groups in total. The molecule has 7 nitrogen and oxygen atoms in total. The molecule has 0 saturated heterocycles. The monoisotopic (exact) mass is 406 g/mol. The Morgan fingerprint density at radius 1 is 1.26 bits per heavy atom. The Kier molecular flexibility index (Phi) is 5.88. The summed E-state index contributed by atoms with van der Waals surface area (Å²) in [6, 6.07) is 14.0. The Balaban J connectivity index is 1.79. The van der Waals surface area contributed by atoms with Crippen molar-refractivity contribution < 1.29 is 18.7 Å². The van der Waals surface area contributed by atoms with Crippen LogP contribution in [0.5, 0.6) is 5.75 Å². The van der Waals surface area contributed by atoms with E-state index in [4.69, 9.17) is 20.9 Å². The molecule has 1 unspecified atom stereocenters. The number of aromatic amines is 1. The van der Waals surface area contributed by atoms with Crippen LogP contribution >= 0.6 is 23.4 Å². The first kappa shape index (κ1) is 19.1. The first-order valence-electron chi connectivity index (χ1n) is 7.99. The summed E-state index contributed by atoms with van der Waals surface area (Å²) in [4.78, 5) is 24.6. The quantitative estimate of drug-likeness (QED) is 0.485. The standard InChI is InChI=1S/C18H16ClN3O4S/c1-11(16(23)20-15-6-4-3-5-14(15)19)27-17-18(24)26-21-22(17)12-7-9-13(25-2)10-8-12/h3-11H,1-2H3,(H-,20,21,23,24)/p+1. The molecule has 0 spiro atoms. The van der Waals surface area contributed by atoms with Crippen LogP contribution in [0, 0.1) is 0 Å². The Morgan fingerprint density at radius 3 is 2.63 bits per heavy atom. The number of thioether (sulfide) groups is 1. The van der Waals surface area contributed by atoms with Gasteiger partial charge in [0.2, 0.25) is 11.6 Å². The van der Waals surface area contributed by atoms with E-state index in [1.165, 1.54) is 4.68 Å². The summed E-state index contributed by atoms with van der Waals surface area (Å²) >= 11 is 7.15. The fourth-order valence-corrected chi connectivity index (χ4v) is 3.35. The number of rotatable bonds is 6. The number of benzene rings is 2. The van der Waals surface area contributed by atoms with Crippen molar-refractivity contribution >= 4 is 35.0 Å². The Labute approximate surface area is 164 Å². The van der Waals surface area contributed by atoms with Crippen LogP contribution in [0.3, 0.4) is 0 Å². The number of aromatic nitrogens is 2. The molecular formula is C18H17ClN3O4S+. The van der Waals surface area contributed by atoms with E-state index in [9.17, 15) is 9.59 Å². The number of methoxy groups -OCH3 is 1. The molecule has 3 aromatic rings. The number of H-pyrrole nitrogens is 1. The molecule has 0 aliphatic rings. The zero-order valence-corrected chi connectivity index (χ0v) is 16.1. The number of hydrogen-bond donors (Lipinski definition) is 2. The summed E-state index contributed by atoms with van der Waals surface area (Å²) in [6.07, 6.45) is 0. The van der Waals surface area contributed by atoms with Crippen molar-refractivity contribution in [1.29, 1.82) is 0 Å². The molecule has 27 heavy (non-hydrogen) atoms. The number of anilines is 1. The van der Waals surface area contributed by atoms with E-state index in [2.05, 4.69) is 10.6 Å². The lowest BCUT2D eigenvalue weighted by molar-refractivity contribution is -0.704. The average molecular weight is 407 g/mol. The van der Waals surface area contributed by atoms with Crippen LogP contribution in [0.2, 0.25) is 5.02 Å². The third-order valence-corrected chi connectivity index (χ3v) is 5.20. The van der Waals surface area contributed by atoms with Crippen LogP contribution < -0.4 is 20.4 Å². The summed E-state index contributed by atoms with van der Waals surface area (Å²) in [5.74, 6) is 0.405. The van der Waals surface area contributed by atoms with Gasteiger partial charge in [0.25, 0.3) is 0 Å². The second kappa shape index (κ2) is 8.32. The molecule has 140 valence electrons. The molecule has 0 aliphatic carbocycles. The summed E-state index contributed by atoms with van der Waals surface area (Å²) < 4.78 is 11.5. The molecule has 0 aliphatic heterocycles. The minimum absolute atomic E-state index is 0.252. The van der Waals surface area contributed by atoms with Crippen LogP contribution in [-0.4, -0.2) is 23.5 Å². The number of amides is 1. The molecule has 3 rings (SSSR count). The predicted octanol–water partition coefficient (Wildman–Crippen LogP) is 3.03. The maximum Gasteiger partial charge on any atom is 0.442 e. The number of para-hydroxylation sites is 1. The van der Waals surface area contributed by atoms with Gasteiger partial charge in [-0.1, -0.05) is 23.7 Å². The van der Waals surface area contributed by atoms with Crippen molar-refractivity contribution in [2.24, 2.45) is 0 Å². The van der Waals surface area contributed by atoms with Crippen molar-refractivity contribution in [2.75, 3.05) is 12.4 Å². The third-order valence-electron chi connectivity index (χ3n) is 3.73. The molecule has 0 radical (unpaired) electrons. The molecule has 1 amide bonds. The lowest BCUT2D eigenvalue weighted by Crippen LogP contribution is -2.37. The number of nitrogens with one attached hydrogen (secondary N) is 2. The van der Waals surface area contributed by atoms with Crippen LogP contribution in [-0.2, 0) is 4.79 Å². The fraction of sp³-hybridized carbons (Fsp3) is 0.167. The van der Waals surface area contributed by atoms with Gasteiger partial charge in [-0.05, 0) is 52.9 Å². The van der Waals surface area contributed by atoms with Gasteiger partial charge in [-0.15, -0.1) is 0 Å². The zero-order valence-electron chi connectivity index (χ0n) is 14.6. The van der Waals surface area contributed by atoms with Crippen LogP contribution in [0.1, 0.15) is 6.92 Å². The first-order chi connectivity index (χ1) is 13.0. The van der Waals surface area contributed by atoms with Crippen molar-refractivity contribution in [3.8, 4) is 11.4 Å². The highest BCUT2D eigenvalue weighted by molar-refractivity contribution is 8.00.